The SMILES string of the molecule is CSc1ccccc1C(=O)Nc1ccccc1I. The van der Waals surface area contributed by atoms with Gasteiger partial charge in [0.1, 0.15) is 0 Å². The van der Waals surface area contributed by atoms with Crippen LogP contribution in [0, 0.1) is 3.57 Å². The zero-order valence-corrected chi connectivity index (χ0v) is 12.8. The molecule has 2 aromatic carbocycles. The van der Waals surface area contributed by atoms with Crippen molar-refractivity contribution in [3.63, 3.8) is 0 Å². The van der Waals surface area contributed by atoms with Crippen molar-refractivity contribution >= 4 is 45.9 Å². The smallest absolute Gasteiger partial charge is 0.256 e. The molecule has 0 spiro atoms. The Morgan fingerprint density at radius 1 is 1.11 bits per heavy atom. The summed E-state index contributed by atoms with van der Waals surface area (Å²) in [5.41, 5.74) is 1.56. The van der Waals surface area contributed by atoms with Crippen LogP contribution in [0.3, 0.4) is 0 Å². The second-order valence-electron chi connectivity index (χ2n) is 3.63. The molecule has 0 heterocycles. The van der Waals surface area contributed by atoms with Crippen molar-refractivity contribution in [2.75, 3.05) is 11.6 Å². The Labute approximate surface area is 124 Å². The lowest BCUT2D eigenvalue weighted by atomic mass is 10.2. The minimum atomic E-state index is -0.0657. The fraction of sp³-hybridized carbons (Fsp3) is 0.0714. The van der Waals surface area contributed by atoms with Gasteiger partial charge in [0, 0.05) is 8.47 Å². The van der Waals surface area contributed by atoms with Crippen molar-refractivity contribution in [3.8, 4) is 0 Å². The molecule has 1 N–H and O–H groups in total. The second-order valence-corrected chi connectivity index (χ2v) is 5.64. The van der Waals surface area contributed by atoms with Crippen LogP contribution in [0.1, 0.15) is 10.4 Å². The number of carbonyl (C=O) groups excluding carboxylic acids is 1. The van der Waals surface area contributed by atoms with Gasteiger partial charge < -0.3 is 5.32 Å². The molecule has 0 bridgehead atoms. The fourth-order valence-electron chi connectivity index (χ4n) is 1.58. The number of thioether (sulfide) groups is 1. The maximum atomic E-state index is 12.2. The van der Waals surface area contributed by atoms with Gasteiger partial charge in [-0.2, -0.15) is 0 Å². The van der Waals surface area contributed by atoms with Gasteiger partial charge in [-0.15, -0.1) is 11.8 Å². The first-order valence-electron chi connectivity index (χ1n) is 5.41. The van der Waals surface area contributed by atoms with E-state index < -0.39 is 0 Å². The van der Waals surface area contributed by atoms with Crippen molar-refractivity contribution in [2.45, 2.75) is 4.90 Å². The molecule has 1 amide bonds. The first-order valence-corrected chi connectivity index (χ1v) is 7.71. The maximum Gasteiger partial charge on any atom is 0.256 e. The third-order valence-electron chi connectivity index (χ3n) is 2.47. The standard InChI is InChI=1S/C14H12INOS/c1-18-13-9-5-2-6-10(13)14(17)16-12-8-4-3-7-11(12)15/h2-9H,1H3,(H,16,17). The van der Waals surface area contributed by atoms with E-state index in [9.17, 15) is 4.79 Å². The topological polar surface area (TPSA) is 29.1 Å². The summed E-state index contributed by atoms with van der Waals surface area (Å²) in [5.74, 6) is -0.0657. The maximum absolute atomic E-state index is 12.2. The highest BCUT2D eigenvalue weighted by molar-refractivity contribution is 14.1. The van der Waals surface area contributed by atoms with Crippen molar-refractivity contribution < 1.29 is 4.79 Å². The van der Waals surface area contributed by atoms with Gasteiger partial charge in [-0.05, 0) is 53.1 Å². The Morgan fingerprint density at radius 3 is 2.50 bits per heavy atom. The summed E-state index contributed by atoms with van der Waals surface area (Å²) in [7, 11) is 0. The van der Waals surface area contributed by atoms with Crippen LogP contribution in [0.15, 0.2) is 53.4 Å². The largest absolute Gasteiger partial charge is 0.321 e. The van der Waals surface area contributed by atoms with E-state index in [1.165, 1.54) is 0 Å². The monoisotopic (exact) mass is 369 g/mol. The Bertz CT molecular complexity index is 571. The molecule has 2 nitrogen and oxygen atoms in total. The van der Waals surface area contributed by atoms with Crippen molar-refractivity contribution in [1.29, 1.82) is 0 Å². The molecule has 0 saturated heterocycles. The van der Waals surface area contributed by atoms with Crippen LogP contribution >= 0.6 is 34.4 Å². The molecule has 4 heteroatoms. The van der Waals surface area contributed by atoms with Crippen molar-refractivity contribution in [1.82, 2.24) is 0 Å². The van der Waals surface area contributed by atoms with Gasteiger partial charge in [-0.3, -0.25) is 4.79 Å². The van der Waals surface area contributed by atoms with E-state index in [2.05, 4.69) is 27.9 Å². The molecule has 0 unspecified atom stereocenters. The Kier molecular flexibility index (Phi) is 4.66. The molecule has 0 aliphatic heterocycles. The number of halogens is 1. The zero-order valence-electron chi connectivity index (χ0n) is 9.81. The minimum absolute atomic E-state index is 0.0657. The van der Waals surface area contributed by atoms with E-state index in [1.54, 1.807) is 11.8 Å². The summed E-state index contributed by atoms with van der Waals surface area (Å²) in [6.07, 6.45) is 1.97. The highest BCUT2D eigenvalue weighted by Gasteiger charge is 2.11. The molecule has 0 radical (unpaired) electrons. The van der Waals surface area contributed by atoms with Gasteiger partial charge in [0.25, 0.3) is 5.91 Å². The number of amides is 1. The van der Waals surface area contributed by atoms with Gasteiger partial charge in [0.2, 0.25) is 0 Å². The van der Waals surface area contributed by atoms with Gasteiger partial charge in [-0.25, -0.2) is 0 Å². The van der Waals surface area contributed by atoms with E-state index in [4.69, 9.17) is 0 Å². The summed E-state index contributed by atoms with van der Waals surface area (Å²) in [6, 6.07) is 15.4. The first-order chi connectivity index (χ1) is 8.72. The predicted molar refractivity (Wildman–Crippen MR) is 85.3 cm³/mol. The van der Waals surface area contributed by atoms with Crippen LogP contribution in [0.2, 0.25) is 0 Å². The number of hydrogen-bond acceptors (Lipinski definition) is 2. The van der Waals surface area contributed by atoms with Crippen LogP contribution in [-0.2, 0) is 0 Å². The van der Waals surface area contributed by atoms with Gasteiger partial charge in [0.15, 0.2) is 0 Å². The third kappa shape index (κ3) is 3.05. The molecule has 0 atom stereocenters. The molecule has 0 aliphatic carbocycles. The highest BCUT2D eigenvalue weighted by Crippen LogP contribution is 2.22. The Balaban J connectivity index is 2.25. The zero-order chi connectivity index (χ0) is 13.0. The number of anilines is 1. The lowest BCUT2D eigenvalue weighted by Crippen LogP contribution is -2.13. The summed E-state index contributed by atoms with van der Waals surface area (Å²) in [6.45, 7) is 0. The molecule has 0 aromatic heterocycles. The van der Waals surface area contributed by atoms with E-state index >= 15 is 0 Å². The molecule has 0 aliphatic rings. The molecule has 2 rings (SSSR count). The number of para-hydroxylation sites is 1. The summed E-state index contributed by atoms with van der Waals surface area (Å²) < 4.78 is 1.03. The Morgan fingerprint density at radius 2 is 1.78 bits per heavy atom. The minimum Gasteiger partial charge on any atom is -0.321 e. The summed E-state index contributed by atoms with van der Waals surface area (Å²) >= 11 is 3.79. The molecule has 92 valence electrons. The average molecular weight is 369 g/mol. The first kappa shape index (κ1) is 13.4. The van der Waals surface area contributed by atoms with Gasteiger partial charge in [0.05, 0.1) is 11.3 Å². The van der Waals surface area contributed by atoms with Crippen LogP contribution in [0.5, 0.6) is 0 Å². The average Bonchev–Trinajstić information content (AvgIpc) is 2.41. The van der Waals surface area contributed by atoms with E-state index in [1.807, 2.05) is 54.8 Å². The summed E-state index contributed by atoms with van der Waals surface area (Å²) in [5, 5.41) is 2.94. The number of carbonyl (C=O) groups is 1. The molecule has 0 fully saturated rings. The molecule has 18 heavy (non-hydrogen) atoms. The number of rotatable bonds is 3. The van der Waals surface area contributed by atoms with Gasteiger partial charge >= 0.3 is 0 Å². The number of nitrogens with one attached hydrogen (secondary N) is 1. The normalized spacial score (nSPS) is 10.1. The molecule has 0 saturated carbocycles. The Hall–Kier alpha value is -1.01. The number of benzene rings is 2. The molecular weight excluding hydrogens is 357 g/mol. The lowest BCUT2D eigenvalue weighted by Gasteiger charge is -2.09. The van der Waals surface area contributed by atoms with E-state index in [-0.39, 0.29) is 5.91 Å². The predicted octanol–water partition coefficient (Wildman–Crippen LogP) is 4.27. The van der Waals surface area contributed by atoms with Crippen LogP contribution in [0.25, 0.3) is 0 Å². The van der Waals surface area contributed by atoms with Gasteiger partial charge in [-0.1, -0.05) is 24.3 Å². The quantitative estimate of drug-likeness (QED) is 0.647. The third-order valence-corrected chi connectivity index (χ3v) is 4.21. The van der Waals surface area contributed by atoms with E-state index in [0.717, 1.165) is 14.2 Å². The van der Waals surface area contributed by atoms with Crippen molar-refractivity contribution in [2.24, 2.45) is 0 Å². The fourth-order valence-corrected chi connectivity index (χ4v) is 2.70. The van der Waals surface area contributed by atoms with Crippen LogP contribution in [0.4, 0.5) is 5.69 Å². The van der Waals surface area contributed by atoms with E-state index in [0.29, 0.717) is 5.56 Å². The lowest BCUT2D eigenvalue weighted by molar-refractivity contribution is 0.102. The molecule has 2 aromatic rings. The van der Waals surface area contributed by atoms with Crippen molar-refractivity contribution in [3.05, 3.63) is 57.7 Å². The highest BCUT2D eigenvalue weighted by atomic mass is 127. The molecular formula is C14H12INOS. The second kappa shape index (κ2) is 6.24. The van der Waals surface area contributed by atoms with Crippen LogP contribution < -0.4 is 5.32 Å². The number of hydrogen-bond donors (Lipinski definition) is 1. The van der Waals surface area contributed by atoms with Crippen LogP contribution in [-0.4, -0.2) is 12.2 Å². The summed E-state index contributed by atoms with van der Waals surface area (Å²) in [4.78, 5) is 13.2.